The smallest absolute Gasteiger partial charge is 0.269 e. The monoisotopic (exact) mass is 304 g/mol. The van der Waals surface area contributed by atoms with Crippen molar-refractivity contribution in [2.45, 2.75) is 33.8 Å². The first-order valence-electron chi connectivity index (χ1n) is 5.37. The molecule has 0 saturated carbocycles. The van der Waals surface area contributed by atoms with Gasteiger partial charge >= 0.3 is 0 Å². The van der Waals surface area contributed by atoms with E-state index in [2.05, 4.69) is 25.9 Å². The number of H-pyrrole nitrogens is 1. The molecular weight excluding hydrogens is 288 g/mol. The molecule has 0 aromatic carbocycles. The molecule has 0 aliphatic heterocycles. The predicted octanol–water partition coefficient (Wildman–Crippen LogP) is 2.36. The van der Waals surface area contributed by atoms with Gasteiger partial charge in [-0.15, -0.1) is 0 Å². The van der Waals surface area contributed by atoms with Crippen LogP contribution in [0, 0.1) is 5.41 Å². The molecule has 0 bridgehead atoms. The van der Waals surface area contributed by atoms with Crippen LogP contribution in [0.5, 0.6) is 5.88 Å². The Morgan fingerprint density at radius 1 is 1.53 bits per heavy atom. The Balaban J connectivity index is 3.25. The van der Waals surface area contributed by atoms with Gasteiger partial charge in [0.05, 0.1) is 0 Å². The largest absolute Gasteiger partial charge is 0.492 e. The topological polar surface area (TPSA) is 75.2 Å². The third-order valence-corrected chi connectivity index (χ3v) is 2.95. The second-order valence-corrected chi connectivity index (χ2v) is 5.58. The summed E-state index contributed by atoms with van der Waals surface area (Å²) in [6, 6.07) is 0. The van der Waals surface area contributed by atoms with E-state index in [0.29, 0.717) is 12.4 Å². The number of ether oxygens (including phenoxy) is 1. The van der Waals surface area contributed by atoms with Crippen molar-refractivity contribution in [1.29, 1.82) is 0 Å². The van der Waals surface area contributed by atoms with Gasteiger partial charge < -0.3 is 14.8 Å². The van der Waals surface area contributed by atoms with E-state index in [1.165, 1.54) is 0 Å². The fraction of sp³-hybridized carbons (Fsp3) is 0.636. The molecule has 0 aliphatic rings. The van der Waals surface area contributed by atoms with Crippen LogP contribution >= 0.6 is 15.9 Å². The summed E-state index contributed by atoms with van der Waals surface area (Å²) in [5, 5.41) is 9.53. The highest BCUT2D eigenvalue weighted by Gasteiger charge is 2.29. The second kappa shape index (κ2) is 5.18. The van der Waals surface area contributed by atoms with Crippen LogP contribution in [0.25, 0.3) is 0 Å². The molecule has 17 heavy (non-hydrogen) atoms. The van der Waals surface area contributed by atoms with Crippen molar-refractivity contribution in [2.75, 3.05) is 6.61 Å². The normalized spacial score (nSPS) is 13.7. The number of nitrogens with one attached hydrogen (secondary N) is 1. The average molecular weight is 305 g/mol. The summed E-state index contributed by atoms with van der Waals surface area (Å²) in [5.41, 5.74) is -0.645. The van der Waals surface area contributed by atoms with E-state index >= 15 is 0 Å². The molecule has 1 aromatic heterocycles. The maximum Gasteiger partial charge on any atom is 0.269 e. The first-order chi connectivity index (χ1) is 7.77. The van der Waals surface area contributed by atoms with Gasteiger partial charge in [-0.1, -0.05) is 20.8 Å². The van der Waals surface area contributed by atoms with E-state index in [-0.39, 0.29) is 21.9 Å². The quantitative estimate of drug-likeness (QED) is 0.899. The average Bonchev–Trinajstić information content (AvgIpc) is 2.20. The zero-order chi connectivity index (χ0) is 13.2. The third-order valence-electron chi connectivity index (χ3n) is 2.23. The van der Waals surface area contributed by atoms with E-state index in [9.17, 15) is 9.90 Å². The van der Waals surface area contributed by atoms with Gasteiger partial charge in [0.1, 0.15) is 16.4 Å². The van der Waals surface area contributed by atoms with Gasteiger partial charge in [-0.05, 0) is 28.3 Å². The fourth-order valence-corrected chi connectivity index (χ4v) is 1.68. The molecule has 2 N–H and O–H groups in total. The van der Waals surface area contributed by atoms with Gasteiger partial charge in [0, 0.05) is 6.61 Å². The van der Waals surface area contributed by atoms with Crippen molar-refractivity contribution < 1.29 is 9.84 Å². The summed E-state index contributed by atoms with van der Waals surface area (Å²) in [5.74, 6) is 0.0164. The number of hydrogen-bond donors (Lipinski definition) is 2. The van der Waals surface area contributed by atoms with Crippen molar-refractivity contribution in [3.8, 4) is 5.88 Å². The van der Waals surface area contributed by atoms with Crippen LogP contribution in [-0.2, 0) is 4.74 Å². The highest BCUT2D eigenvalue weighted by Crippen LogP contribution is 2.34. The van der Waals surface area contributed by atoms with Crippen molar-refractivity contribution in [3.05, 3.63) is 20.7 Å². The number of aromatic amines is 1. The number of aromatic hydroxyl groups is 1. The molecule has 1 unspecified atom stereocenters. The van der Waals surface area contributed by atoms with Crippen molar-refractivity contribution in [1.82, 2.24) is 9.97 Å². The molecular formula is C11H17BrN2O3. The highest BCUT2D eigenvalue weighted by molar-refractivity contribution is 9.10. The number of hydrogen-bond acceptors (Lipinski definition) is 4. The van der Waals surface area contributed by atoms with Crippen LogP contribution in [0.1, 0.15) is 39.6 Å². The molecule has 1 heterocycles. The van der Waals surface area contributed by atoms with Crippen LogP contribution < -0.4 is 5.56 Å². The lowest BCUT2D eigenvalue weighted by atomic mass is 9.88. The highest BCUT2D eigenvalue weighted by atomic mass is 79.9. The Morgan fingerprint density at radius 3 is 2.53 bits per heavy atom. The lowest BCUT2D eigenvalue weighted by Gasteiger charge is -2.29. The van der Waals surface area contributed by atoms with Crippen LogP contribution in [0.3, 0.4) is 0 Å². The molecule has 6 heteroatoms. The number of nitrogens with zero attached hydrogens (tertiary/aromatic N) is 1. The number of halogens is 1. The Kier molecular flexibility index (Phi) is 4.32. The standard InChI is InChI=1S/C11H17BrN2O3/c1-5-17-7(11(2,3)4)8-13-9(15)6(12)10(16)14-8/h7H,5H2,1-4H3,(H2,13,14,15,16). The Bertz CT molecular complexity index is 451. The fourth-order valence-electron chi connectivity index (χ4n) is 1.49. The molecule has 1 aromatic rings. The van der Waals surface area contributed by atoms with Crippen molar-refractivity contribution >= 4 is 15.9 Å². The van der Waals surface area contributed by atoms with Crippen LogP contribution in [-0.4, -0.2) is 21.7 Å². The van der Waals surface area contributed by atoms with Crippen molar-refractivity contribution in [2.24, 2.45) is 5.41 Å². The molecule has 0 amide bonds. The van der Waals surface area contributed by atoms with Crippen LogP contribution in [0.15, 0.2) is 9.27 Å². The lowest BCUT2D eigenvalue weighted by molar-refractivity contribution is -0.0196. The minimum atomic E-state index is -0.415. The van der Waals surface area contributed by atoms with Gasteiger partial charge in [-0.2, -0.15) is 4.98 Å². The minimum absolute atomic E-state index is 0.0328. The molecule has 1 rings (SSSR count). The zero-order valence-corrected chi connectivity index (χ0v) is 12.0. The van der Waals surface area contributed by atoms with E-state index < -0.39 is 5.56 Å². The molecule has 1 atom stereocenters. The third kappa shape index (κ3) is 3.29. The summed E-state index contributed by atoms with van der Waals surface area (Å²) >= 11 is 2.95. The van der Waals surface area contributed by atoms with Gasteiger partial charge in [0.25, 0.3) is 5.56 Å². The summed E-state index contributed by atoms with van der Waals surface area (Å²) in [7, 11) is 0. The van der Waals surface area contributed by atoms with E-state index in [0.717, 1.165) is 0 Å². The molecule has 96 valence electrons. The predicted molar refractivity (Wildman–Crippen MR) is 68.0 cm³/mol. The number of aromatic nitrogens is 2. The van der Waals surface area contributed by atoms with E-state index in [1.807, 2.05) is 27.7 Å². The summed E-state index contributed by atoms with van der Waals surface area (Å²) in [6.45, 7) is 8.31. The molecule has 0 fully saturated rings. The first-order valence-corrected chi connectivity index (χ1v) is 6.17. The van der Waals surface area contributed by atoms with Gasteiger partial charge in [0.15, 0.2) is 0 Å². The molecule has 0 saturated heterocycles. The Labute approximate surface area is 108 Å². The second-order valence-electron chi connectivity index (χ2n) is 4.79. The van der Waals surface area contributed by atoms with Gasteiger partial charge in [-0.25, -0.2) is 0 Å². The minimum Gasteiger partial charge on any atom is -0.492 e. The SMILES string of the molecule is CCOC(c1nc(O)c(Br)c(=O)[nH]1)C(C)(C)C. The van der Waals surface area contributed by atoms with Crippen molar-refractivity contribution in [3.63, 3.8) is 0 Å². The lowest BCUT2D eigenvalue weighted by Crippen LogP contribution is -2.26. The first kappa shape index (κ1) is 14.2. The summed E-state index contributed by atoms with van der Waals surface area (Å²) in [6.07, 6.45) is -0.376. The summed E-state index contributed by atoms with van der Waals surface area (Å²) in [4.78, 5) is 18.1. The van der Waals surface area contributed by atoms with E-state index in [1.54, 1.807) is 0 Å². The summed E-state index contributed by atoms with van der Waals surface area (Å²) < 4.78 is 5.62. The van der Waals surface area contributed by atoms with Gasteiger partial charge in [-0.3, -0.25) is 4.79 Å². The maximum atomic E-state index is 11.5. The number of rotatable bonds is 3. The van der Waals surface area contributed by atoms with E-state index in [4.69, 9.17) is 4.74 Å². The molecule has 0 aliphatic carbocycles. The van der Waals surface area contributed by atoms with Crippen LogP contribution in [0.2, 0.25) is 0 Å². The van der Waals surface area contributed by atoms with Gasteiger partial charge in [0.2, 0.25) is 5.88 Å². The molecule has 0 spiro atoms. The Hall–Kier alpha value is -0.880. The van der Waals surface area contributed by atoms with Crippen LogP contribution in [0.4, 0.5) is 0 Å². The Morgan fingerprint density at radius 2 is 2.12 bits per heavy atom. The molecule has 0 radical (unpaired) electrons. The maximum absolute atomic E-state index is 11.5. The molecule has 5 nitrogen and oxygen atoms in total. The zero-order valence-electron chi connectivity index (χ0n) is 10.4.